The summed E-state index contributed by atoms with van der Waals surface area (Å²) in [6, 6.07) is 0. The summed E-state index contributed by atoms with van der Waals surface area (Å²) >= 11 is 0. The summed E-state index contributed by atoms with van der Waals surface area (Å²) in [6.45, 7) is 1.51. The van der Waals surface area contributed by atoms with Gasteiger partial charge in [-0.2, -0.15) is 0 Å². The molecule has 1 unspecified atom stereocenters. The van der Waals surface area contributed by atoms with Crippen molar-refractivity contribution >= 4 is 12.4 Å². The van der Waals surface area contributed by atoms with Crippen LogP contribution < -0.4 is 0 Å². The smallest absolute Gasteiger partial charge is 0.181 e. The molecule has 0 saturated carbocycles. The molecule has 0 aliphatic carbocycles. The Bertz CT molecular complexity index is 275. The Labute approximate surface area is 69.5 Å². The van der Waals surface area contributed by atoms with E-state index in [-0.39, 0.29) is 5.57 Å². The molecule has 0 fully saturated rings. The van der Waals surface area contributed by atoms with Gasteiger partial charge in [0.05, 0.1) is 6.10 Å². The first-order valence-electron chi connectivity index (χ1n) is 3.47. The summed E-state index contributed by atoms with van der Waals surface area (Å²) in [5.74, 6) is 0. The lowest BCUT2D eigenvalue weighted by molar-refractivity contribution is -0.105. The molecule has 1 aromatic rings. The van der Waals surface area contributed by atoms with E-state index in [0.717, 1.165) is 0 Å². The fraction of sp³-hybridized carbons (Fsp3) is 0.250. The summed E-state index contributed by atoms with van der Waals surface area (Å²) in [5.41, 5.74) is 0.807. The number of aromatic nitrogens is 1. The van der Waals surface area contributed by atoms with Gasteiger partial charge in [0.1, 0.15) is 18.2 Å². The largest absolute Gasteiger partial charge is 0.451 e. The molecule has 64 valence electrons. The number of nitrogens with zero attached hydrogens (tertiary/aromatic N) is 1. The van der Waals surface area contributed by atoms with Crippen LogP contribution in [0.2, 0.25) is 0 Å². The maximum absolute atomic E-state index is 10.4. The molecule has 0 aliphatic heterocycles. The quantitative estimate of drug-likeness (QED) is 0.530. The van der Waals surface area contributed by atoms with E-state index in [1.807, 2.05) is 0 Å². The van der Waals surface area contributed by atoms with E-state index >= 15 is 0 Å². The summed E-state index contributed by atoms with van der Waals surface area (Å²) < 4.78 is 4.69. The number of hydrogen-bond acceptors (Lipinski definition) is 4. The molecule has 1 aromatic heterocycles. The van der Waals surface area contributed by atoms with Crippen LogP contribution in [0.3, 0.4) is 0 Å². The highest BCUT2D eigenvalue weighted by molar-refractivity contribution is 5.82. The van der Waals surface area contributed by atoms with Crippen molar-refractivity contribution in [3.63, 3.8) is 0 Å². The molecule has 4 heteroatoms. The second-order valence-corrected chi connectivity index (χ2v) is 2.35. The van der Waals surface area contributed by atoms with Crippen LogP contribution in [0.5, 0.6) is 0 Å². The van der Waals surface area contributed by atoms with E-state index in [1.54, 1.807) is 0 Å². The second-order valence-electron chi connectivity index (χ2n) is 2.35. The van der Waals surface area contributed by atoms with Crippen LogP contribution in [0.15, 0.2) is 22.6 Å². The molecule has 0 spiro atoms. The lowest BCUT2D eigenvalue weighted by Gasteiger charge is -1.99. The zero-order chi connectivity index (χ0) is 8.97. The minimum atomic E-state index is -0.779. The molecule has 0 aromatic carbocycles. The predicted molar refractivity (Wildman–Crippen MR) is 42.2 cm³/mol. The normalized spacial score (nSPS) is 14.3. The molecule has 4 nitrogen and oxygen atoms in total. The highest BCUT2D eigenvalue weighted by atomic mass is 16.3. The highest BCUT2D eigenvalue weighted by Gasteiger charge is 2.03. The Balaban J connectivity index is 2.85. The molecule has 0 aliphatic rings. The van der Waals surface area contributed by atoms with Gasteiger partial charge in [0.2, 0.25) is 0 Å². The van der Waals surface area contributed by atoms with Crippen LogP contribution in [-0.4, -0.2) is 22.5 Å². The van der Waals surface area contributed by atoms with Crippen molar-refractivity contribution in [2.45, 2.75) is 13.0 Å². The van der Waals surface area contributed by atoms with E-state index in [2.05, 4.69) is 9.40 Å². The summed E-state index contributed by atoms with van der Waals surface area (Å²) in [5, 5.41) is 9.05. The summed E-state index contributed by atoms with van der Waals surface area (Å²) in [4.78, 5) is 14.2. The Morgan fingerprint density at radius 2 is 2.58 bits per heavy atom. The standard InChI is InChI=1S/C8H9NO3/c1-6(11)7(3-10)2-8-4-12-5-9-8/h2-6,11H,1H3/b7-2-. The third-order valence-electron chi connectivity index (χ3n) is 1.38. The van der Waals surface area contributed by atoms with Crippen LogP contribution in [0.25, 0.3) is 6.08 Å². The van der Waals surface area contributed by atoms with Gasteiger partial charge in [-0.1, -0.05) is 0 Å². The minimum absolute atomic E-state index is 0.281. The number of hydrogen-bond donors (Lipinski definition) is 1. The molecule has 1 atom stereocenters. The van der Waals surface area contributed by atoms with E-state index in [4.69, 9.17) is 5.11 Å². The van der Waals surface area contributed by atoms with Crippen LogP contribution >= 0.6 is 0 Å². The molecule has 1 N–H and O–H groups in total. The summed E-state index contributed by atoms with van der Waals surface area (Å²) in [6.07, 6.45) is 3.95. The van der Waals surface area contributed by atoms with Gasteiger partial charge in [0.15, 0.2) is 6.39 Å². The Kier molecular flexibility index (Phi) is 2.76. The van der Waals surface area contributed by atoms with Crippen molar-refractivity contribution in [2.24, 2.45) is 0 Å². The van der Waals surface area contributed by atoms with E-state index in [0.29, 0.717) is 12.0 Å². The lowest BCUT2D eigenvalue weighted by Crippen LogP contribution is -2.05. The molecule has 0 amide bonds. The van der Waals surface area contributed by atoms with E-state index in [9.17, 15) is 4.79 Å². The van der Waals surface area contributed by atoms with Gasteiger partial charge < -0.3 is 9.52 Å². The lowest BCUT2D eigenvalue weighted by atomic mass is 10.1. The average Bonchev–Trinajstić information content (AvgIpc) is 2.51. The number of aliphatic hydroxyl groups excluding tert-OH is 1. The molecule has 1 rings (SSSR count). The number of rotatable bonds is 3. The number of aliphatic hydroxyl groups is 1. The zero-order valence-electron chi connectivity index (χ0n) is 6.60. The van der Waals surface area contributed by atoms with Gasteiger partial charge in [-0.15, -0.1) is 0 Å². The maximum Gasteiger partial charge on any atom is 0.181 e. The van der Waals surface area contributed by atoms with Crippen molar-refractivity contribution in [3.05, 3.63) is 23.9 Å². The first kappa shape index (κ1) is 8.67. The van der Waals surface area contributed by atoms with Crippen molar-refractivity contribution < 1.29 is 14.3 Å². The third kappa shape index (κ3) is 2.03. The molecular formula is C8H9NO3. The molecule has 1 heterocycles. The SMILES string of the molecule is CC(O)/C(C=O)=C\c1cocn1. The van der Waals surface area contributed by atoms with Crippen molar-refractivity contribution in [1.29, 1.82) is 0 Å². The number of carbonyl (C=O) groups excluding carboxylic acids is 1. The molecule has 0 radical (unpaired) electrons. The van der Waals surface area contributed by atoms with Crippen LogP contribution in [0.1, 0.15) is 12.6 Å². The van der Waals surface area contributed by atoms with Gasteiger partial charge in [0, 0.05) is 5.57 Å². The summed E-state index contributed by atoms with van der Waals surface area (Å²) in [7, 11) is 0. The Hall–Kier alpha value is -1.42. The Morgan fingerprint density at radius 3 is 3.00 bits per heavy atom. The minimum Gasteiger partial charge on any atom is -0.451 e. The zero-order valence-corrected chi connectivity index (χ0v) is 6.60. The predicted octanol–water partition coefficient (Wildman–Crippen LogP) is 0.638. The molecule has 12 heavy (non-hydrogen) atoms. The molecule has 0 saturated heterocycles. The maximum atomic E-state index is 10.4. The monoisotopic (exact) mass is 167 g/mol. The second kappa shape index (κ2) is 3.82. The average molecular weight is 167 g/mol. The van der Waals surface area contributed by atoms with Crippen LogP contribution in [-0.2, 0) is 4.79 Å². The van der Waals surface area contributed by atoms with Gasteiger partial charge in [-0.3, -0.25) is 4.79 Å². The van der Waals surface area contributed by atoms with Crippen LogP contribution in [0, 0.1) is 0 Å². The highest BCUT2D eigenvalue weighted by Crippen LogP contribution is 2.05. The topological polar surface area (TPSA) is 63.3 Å². The van der Waals surface area contributed by atoms with Gasteiger partial charge in [0.25, 0.3) is 0 Å². The fourth-order valence-corrected chi connectivity index (χ4v) is 0.717. The number of carbonyl (C=O) groups is 1. The van der Waals surface area contributed by atoms with Crippen LogP contribution in [0.4, 0.5) is 0 Å². The van der Waals surface area contributed by atoms with E-state index in [1.165, 1.54) is 25.7 Å². The van der Waals surface area contributed by atoms with Crippen molar-refractivity contribution in [3.8, 4) is 0 Å². The number of oxazole rings is 1. The third-order valence-corrected chi connectivity index (χ3v) is 1.38. The molecular weight excluding hydrogens is 158 g/mol. The van der Waals surface area contributed by atoms with Gasteiger partial charge in [-0.05, 0) is 13.0 Å². The van der Waals surface area contributed by atoms with Crippen molar-refractivity contribution in [2.75, 3.05) is 0 Å². The Morgan fingerprint density at radius 1 is 1.83 bits per heavy atom. The van der Waals surface area contributed by atoms with Crippen molar-refractivity contribution in [1.82, 2.24) is 4.98 Å². The molecule has 0 bridgehead atoms. The fourth-order valence-electron chi connectivity index (χ4n) is 0.717. The first-order valence-corrected chi connectivity index (χ1v) is 3.47. The van der Waals surface area contributed by atoms with Gasteiger partial charge in [-0.25, -0.2) is 4.98 Å². The van der Waals surface area contributed by atoms with E-state index < -0.39 is 6.10 Å². The first-order chi connectivity index (χ1) is 5.74. The van der Waals surface area contributed by atoms with Gasteiger partial charge >= 0.3 is 0 Å². The number of aldehydes is 1.